The summed E-state index contributed by atoms with van der Waals surface area (Å²) in [4.78, 5) is 11.9. The minimum absolute atomic E-state index is 0.0694. The summed E-state index contributed by atoms with van der Waals surface area (Å²) in [5.74, 6) is 0.264. The van der Waals surface area contributed by atoms with E-state index >= 15 is 0 Å². The van der Waals surface area contributed by atoms with E-state index in [0.717, 1.165) is 31.4 Å². The third-order valence-electron chi connectivity index (χ3n) is 2.90. The molecular weight excluding hydrogens is 176 g/mol. The number of ketones is 1. The summed E-state index contributed by atoms with van der Waals surface area (Å²) in [5, 5.41) is 4.16. The Balaban J connectivity index is 2.12. The third kappa shape index (κ3) is 1.59. The van der Waals surface area contributed by atoms with Crippen LogP contribution in [0.2, 0.25) is 0 Å². The number of hydrogen-bond donors (Lipinski definition) is 0. The second-order valence-electron chi connectivity index (χ2n) is 4.38. The molecule has 1 saturated carbocycles. The molecule has 0 radical (unpaired) electrons. The van der Waals surface area contributed by atoms with Gasteiger partial charge in [0.05, 0.1) is 11.8 Å². The number of hydrogen-bond acceptors (Lipinski definition) is 2. The highest BCUT2D eigenvalue weighted by molar-refractivity contribution is 6.01. The van der Waals surface area contributed by atoms with Crippen molar-refractivity contribution < 1.29 is 4.79 Å². The molecule has 0 unspecified atom stereocenters. The summed E-state index contributed by atoms with van der Waals surface area (Å²) < 4.78 is 1.85. The van der Waals surface area contributed by atoms with Crippen molar-refractivity contribution in [2.75, 3.05) is 0 Å². The summed E-state index contributed by atoms with van der Waals surface area (Å²) >= 11 is 0. The zero-order chi connectivity index (χ0) is 10.2. The van der Waals surface area contributed by atoms with Gasteiger partial charge in [0.15, 0.2) is 5.78 Å². The van der Waals surface area contributed by atoms with Crippen LogP contribution in [0, 0.1) is 5.41 Å². The Morgan fingerprint density at radius 1 is 1.64 bits per heavy atom. The van der Waals surface area contributed by atoms with Crippen molar-refractivity contribution in [2.45, 2.75) is 39.7 Å². The van der Waals surface area contributed by atoms with Gasteiger partial charge in [0.25, 0.3) is 0 Å². The third-order valence-corrected chi connectivity index (χ3v) is 2.90. The first kappa shape index (κ1) is 9.44. The van der Waals surface area contributed by atoms with Crippen LogP contribution < -0.4 is 0 Å². The fraction of sp³-hybridized carbons (Fsp3) is 0.636. The molecule has 1 fully saturated rings. The molecule has 3 heteroatoms. The number of aromatic nitrogens is 2. The Morgan fingerprint density at radius 3 is 2.93 bits per heavy atom. The Kier molecular flexibility index (Phi) is 2.17. The summed E-state index contributed by atoms with van der Waals surface area (Å²) in [6.07, 6.45) is 6.68. The van der Waals surface area contributed by atoms with Gasteiger partial charge in [0.2, 0.25) is 0 Å². The molecule has 0 N–H and O–H groups in total. The van der Waals surface area contributed by atoms with E-state index in [0.29, 0.717) is 0 Å². The molecule has 0 atom stereocenters. The molecule has 1 aromatic heterocycles. The Morgan fingerprint density at radius 2 is 2.36 bits per heavy atom. The van der Waals surface area contributed by atoms with Gasteiger partial charge in [0, 0.05) is 18.2 Å². The molecule has 14 heavy (non-hydrogen) atoms. The van der Waals surface area contributed by atoms with Crippen molar-refractivity contribution in [3.05, 3.63) is 18.0 Å². The molecule has 3 nitrogen and oxygen atoms in total. The molecule has 2 rings (SSSR count). The summed E-state index contributed by atoms with van der Waals surface area (Å²) in [5.41, 5.74) is 0.707. The Labute approximate surface area is 84.1 Å². The lowest BCUT2D eigenvalue weighted by atomic mass is 10.00. The van der Waals surface area contributed by atoms with E-state index in [1.54, 1.807) is 6.20 Å². The van der Waals surface area contributed by atoms with Gasteiger partial charge in [-0.15, -0.1) is 0 Å². The lowest BCUT2D eigenvalue weighted by Crippen LogP contribution is -2.10. The maximum Gasteiger partial charge on any atom is 0.171 e. The van der Waals surface area contributed by atoms with Crippen LogP contribution >= 0.6 is 0 Å². The van der Waals surface area contributed by atoms with Crippen LogP contribution in [0.1, 0.15) is 43.5 Å². The fourth-order valence-electron chi connectivity index (χ4n) is 1.60. The molecule has 1 aromatic rings. The van der Waals surface area contributed by atoms with E-state index in [1.165, 1.54) is 0 Å². The predicted molar refractivity (Wildman–Crippen MR) is 54.2 cm³/mol. The molecule has 0 spiro atoms. The molecule has 1 aliphatic carbocycles. The Hall–Kier alpha value is -1.12. The van der Waals surface area contributed by atoms with Crippen LogP contribution in [-0.4, -0.2) is 15.6 Å². The van der Waals surface area contributed by atoms with Gasteiger partial charge >= 0.3 is 0 Å². The van der Waals surface area contributed by atoms with Crippen LogP contribution in [0.5, 0.6) is 0 Å². The van der Waals surface area contributed by atoms with Crippen LogP contribution in [-0.2, 0) is 6.54 Å². The van der Waals surface area contributed by atoms with Gasteiger partial charge in [-0.2, -0.15) is 5.10 Å². The van der Waals surface area contributed by atoms with Gasteiger partial charge in [-0.05, 0) is 19.3 Å². The summed E-state index contributed by atoms with van der Waals surface area (Å²) in [6.45, 7) is 5.03. The van der Waals surface area contributed by atoms with Crippen molar-refractivity contribution in [1.29, 1.82) is 0 Å². The lowest BCUT2D eigenvalue weighted by Gasteiger charge is -2.03. The number of nitrogens with zero attached hydrogens (tertiary/aromatic N) is 2. The van der Waals surface area contributed by atoms with Crippen LogP contribution in [0.3, 0.4) is 0 Å². The molecule has 0 saturated heterocycles. The molecule has 0 aromatic carbocycles. The number of Topliss-reactive ketones (excluding diaryl/α,β-unsaturated/α-hetero) is 1. The number of carbonyl (C=O) groups is 1. The smallest absolute Gasteiger partial charge is 0.171 e. The monoisotopic (exact) mass is 192 g/mol. The highest BCUT2D eigenvalue weighted by Crippen LogP contribution is 2.47. The SMILES string of the molecule is CCCn1cc(C(=O)C2(C)CC2)cn1. The predicted octanol–water partition coefficient (Wildman–Crippen LogP) is 2.28. The number of carbonyl (C=O) groups excluding carboxylic acids is 1. The normalized spacial score (nSPS) is 18.1. The lowest BCUT2D eigenvalue weighted by molar-refractivity contribution is 0.0912. The average molecular weight is 192 g/mol. The first-order chi connectivity index (χ1) is 6.65. The van der Waals surface area contributed by atoms with Gasteiger partial charge in [0.1, 0.15) is 0 Å². The molecule has 0 bridgehead atoms. The van der Waals surface area contributed by atoms with E-state index in [1.807, 2.05) is 17.8 Å². The van der Waals surface area contributed by atoms with Gasteiger partial charge in [-0.3, -0.25) is 9.48 Å². The maximum atomic E-state index is 11.9. The highest BCUT2D eigenvalue weighted by Gasteiger charge is 2.45. The van der Waals surface area contributed by atoms with Crippen molar-refractivity contribution in [3.8, 4) is 0 Å². The van der Waals surface area contributed by atoms with Crippen LogP contribution in [0.4, 0.5) is 0 Å². The standard InChI is InChI=1S/C11H16N2O/c1-3-6-13-8-9(7-12-13)10(14)11(2)4-5-11/h7-8H,3-6H2,1-2H3. The average Bonchev–Trinajstić information content (AvgIpc) is 2.76. The topological polar surface area (TPSA) is 34.9 Å². The van der Waals surface area contributed by atoms with Crippen molar-refractivity contribution in [1.82, 2.24) is 9.78 Å². The number of aryl methyl sites for hydroxylation is 1. The summed E-state index contributed by atoms with van der Waals surface area (Å²) in [7, 11) is 0. The maximum absolute atomic E-state index is 11.9. The molecular formula is C11H16N2O. The van der Waals surface area contributed by atoms with Crippen molar-refractivity contribution >= 4 is 5.78 Å². The van der Waals surface area contributed by atoms with Gasteiger partial charge in [-0.25, -0.2) is 0 Å². The second kappa shape index (κ2) is 3.23. The molecule has 0 aliphatic heterocycles. The summed E-state index contributed by atoms with van der Waals surface area (Å²) in [6, 6.07) is 0. The highest BCUT2D eigenvalue weighted by atomic mass is 16.1. The first-order valence-electron chi connectivity index (χ1n) is 5.23. The molecule has 76 valence electrons. The molecule has 1 aliphatic rings. The van der Waals surface area contributed by atoms with Crippen LogP contribution in [0.15, 0.2) is 12.4 Å². The van der Waals surface area contributed by atoms with Crippen molar-refractivity contribution in [3.63, 3.8) is 0 Å². The quantitative estimate of drug-likeness (QED) is 0.686. The zero-order valence-corrected chi connectivity index (χ0v) is 8.79. The van der Waals surface area contributed by atoms with Gasteiger partial charge in [-0.1, -0.05) is 13.8 Å². The van der Waals surface area contributed by atoms with E-state index in [4.69, 9.17) is 0 Å². The molecule has 0 amide bonds. The first-order valence-corrected chi connectivity index (χ1v) is 5.23. The van der Waals surface area contributed by atoms with E-state index in [2.05, 4.69) is 12.0 Å². The zero-order valence-electron chi connectivity index (χ0n) is 8.79. The van der Waals surface area contributed by atoms with Crippen LogP contribution in [0.25, 0.3) is 0 Å². The van der Waals surface area contributed by atoms with Crippen molar-refractivity contribution in [2.24, 2.45) is 5.41 Å². The molecule has 1 heterocycles. The van der Waals surface area contributed by atoms with E-state index < -0.39 is 0 Å². The van der Waals surface area contributed by atoms with Gasteiger partial charge < -0.3 is 0 Å². The minimum Gasteiger partial charge on any atom is -0.293 e. The fourth-order valence-corrected chi connectivity index (χ4v) is 1.60. The largest absolute Gasteiger partial charge is 0.293 e. The van der Waals surface area contributed by atoms with E-state index in [-0.39, 0.29) is 11.2 Å². The number of rotatable bonds is 4. The Bertz CT molecular complexity index is 350. The minimum atomic E-state index is -0.0694. The van der Waals surface area contributed by atoms with E-state index in [9.17, 15) is 4.79 Å². The second-order valence-corrected chi connectivity index (χ2v) is 4.38.